The van der Waals surface area contributed by atoms with E-state index in [9.17, 15) is 9.59 Å². The minimum atomic E-state index is -0.446. The molecule has 2 aliphatic heterocycles. The van der Waals surface area contributed by atoms with E-state index in [-0.39, 0.29) is 24.4 Å². The maximum absolute atomic E-state index is 12.9. The molecule has 1 fully saturated rings. The van der Waals surface area contributed by atoms with Crippen LogP contribution in [0, 0.1) is 0 Å². The summed E-state index contributed by atoms with van der Waals surface area (Å²) in [7, 11) is 1.71. The third kappa shape index (κ3) is 2.98. The molecule has 0 spiro atoms. The van der Waals surface area contributed by atoms with Crippen LogP contribution in [-0.4, -0.2) is 57.8 Å². The predicted molar refractivity (Wildman–Crippen MR) is 109 cm³/mol. The Balaban J connectivity index is 1.51. The maximum Gasteiger partial charge on any atom is 0.245 e. The molecule has 2 amide bonds. The summed E-state index contributed by atoms with van der Waals surface area (Å²) < 4.78 is 0. The van der Waals surface area contributed by atoms with E-state index in [1.165, 1.54) is 0 Å². The van der Waals surface area contributed by atoms with E-state index < -0.39 is 6.04 Å². The fourth-order valence-corrected chi connectivity index (χ4v) is 4.60. The van der Waals surface area contributed by atoms with Crippen LogP contribution in [0.4, 0.5) is 0 Å². The second-order valence-electron chi connectivity index (χ2n) is 7.79. The van der Waals surface area contributed by atoms with Crippen LogP contribution >= 0.6 is 0 Å². The number of aromatic amines is 1. The van der Waals surface area contributed by atoms with Crippen LogP contribution in [0.2, 0.25) is 0 Å². The number of carbonyl (C=O) groups is 2. The fraction of sp³-hybridized carbons (Fsp3) is 0.318. The molecule has 2 aliphatic rings. The summed E-state index contributed by atoms with van der Waals surface area (Å²) in [5, 5.41) is 4.59. The molecule has 29 heavy (non-hydrogen) atoms. The molecule has 2 aromatic heterocycles. The first-order valence-corrected chi connectivity index (χ1v) is 9.88. The molecule has 0 saturated carbocycles. The number of nitrogens with one attached hydrogen (secondary N) is 2. The van der Waals surface area contributed by atoms with Gasteiger partial charge in [0.2, 0.25) is 11.8 Å². The Morgan fingerprint density at radius 3 is 2.90 bits per heavy atom. The van der Waals surface area contributed by atoms with Crippen LogP contribution < -0.4 is 5.32 Å². The molecule has 1 aromatic carbocycles. The van der Waals surface area contributed by atoms with Gasteiger partial charge in [-0.05, 0) is 23.3 Å². The zero-order chi connectivity index (χ0) is 20.0. The molecule has 2 N–H and O–H groups in total. The van der Waals surface area contributed by atoms with Gasteiger partial charge in [0.05, 0.1) is 12.6 Å². The van der Waals surface area contributed by atoms with Crippen LogP contribution in [-0.2, 0) is 22.6 Å². The minimum Gasteiger partial charge on any atom is -0.356 e. The lowest BCUT2D eigenvalue weighted by atomic mass is 9.89. The molecule has 5 rings (SSSR count). The van der Waals surface area contributed by atoms with Gasteiger partial charge in [-0.2, -0.15) is 0 Å². The number of nitrogens with zero attached hydrogens (tertiary/aromatic N) is 3. The van der Waals surface area contributed by atoms with Crippen molar-refractivity contribution in [1.82, 2.24) is 25.1 Å². The summed E-state index contributed by atoms with van der Waals surface area (Å²) in [6.45, 7) is 1.35. The lowest BCUT2D eigenvalue weighted by molar-refractivity contribution is -0.158. The highest BCUT2D eigenvalue weighted by Crippen LogP contribution is 2.38. The topological polar surface area (TPSA) is 81.3 Å². The maximum atomic E-state index is 12.9. The third-order valence-electron chi connectivity index (χ3n) is 5.96. The Bertz CT molecular complexity index is 1080. The zero-order valence-corrected chi connectivity index (χ0v) is 16.3. The van der Waals surface area contributed by atoms with Gasteiger partial charge in [-0.3, -0.25) is 14.6 Å². The summed E-state index contributed by atoms with van der Waals surface area (Å²) in [6.07, 6.45) is 4.13. The van der Waals surface area contributed by atoms with Crippen molar-refractivity contribution in [2.75, 3.05) is 20.1 Å². The SMILES string of the molecule is CN1CC(=O)N2C(CNCc3cccnc3)c3[nH]c4ccccc4c3C[C@@H]2C1=O. The summed E-state index contributed by atoms with van der Waals surface area (Å²) in [4.78, 5) is 36.8. The summed E-state index contributed by atoms with van der Waals surface area (Å²) in [5.41, 5.74) is 4.30. The highest BCUT2D eigenvalue weighted by atomic mass is 16.2. The Morgan fingerprint density at radius 2 is 2.07 bits per heavy atom. The van der Waals surface area contributed by atoms with Gasteiger partial charge in [0.15, 0.2) is 0 Å². The van der Waals surface area contributed by atoms with Crippen molar-refractivity contribution in [3.8, 4) is 0 Å². The molecule has 3 aromatic rings. The molecule has 1 unspecified atom stereocenters. The van der Waals surface area contributed by atoms with Gasteiger partial charge < -0.3 is 20.1 Å². The fourth-order valence-electron chi connectivity index (χ4n) is 4.60. The van der Waals surface area contributed by atoms with Crippen LogP contribution in [0.3, 0.4) is 0 Å². The standard InChI is InChI=1S/C22H23N5O2/c1-26-13-20(28)27-18(22(26)29)9-16-15-6-2-3-7-17(15)25-21(16)19(27)12-24-11-14-5-4-8-23-10-14/h2-8,10,18-19,24-25H,9,11-13H2,1H3/t18-,19?/m1/s1. The number of hydrogen-bond acceptors (Lipinski definition) is 4. The lowest BCUT2D eigenvalue weighted by Gasteiger charge is -2.46. The predicted octanol–water partition coefficient (Wildman–Crippen LogP) is 1.62. The zero-order valence-electron chi connectivity index (χ0n) is 16.3. The van der Waals surface area contributed by atoms with E-state index >= 15 is 0 Å². The number of H-pyrrole nitrogens is 1. The number of pyridine rings is 1. The van der Waals surface area contributed by atoms with Gasteiger partial charge in [-0.25, -0.2) is 0 Å². The van der Waals surface area contributed by atoms with Crippen molar-refractivity contribution in [3.63, 3.8) is 0 Å². The minimum absolute atomic E-state index is 0.00501. The first-order chi connectivity index (χ1) is 14.1. The van der Waals surface area contributed by atoms with Gasteiger partial charge >= 0.3 is 0 Å². The number of amides is 2. The van der Waals surface area contributed by atoms with Gasteiger partial charge in [0, 0.05) is 55.5 Å². The lowest BCUT2D eigenvalue weighted by Crippen LogP contribution is -2.62. The van der Waals surface area contributed by atoms with Crippen molar-refractivity contribution in [1.29, 1.82) is 0 Å². The molecule has 0 radical (unpaired) electrons. The van der Waals surface area contributed by atoms with Crippen LogP contribution in [0.15, 0.2) is 48.8 Å². The second-order valence-corrected chi connectivity index (χ2v) is 7.79. The van der Waals surface area contributed by atoms with Gasteiger partial charge in [0.25, 0.3) is 0 Å². The largest absolute Gasteiger partial charge is 0.356 e. The molecule has 7 nitrogen and oxygen atoms in total. The van der Waals surface area contributed by atoms with Gasteiger partial charge in [0.1, 0.15) is 6.04 Å². The summed E-state index contributed by atoms with van der Waals surface area (Å²) >= 11 is 0. The molecule has 1 saturated heterocycles. The number of fused-ring (bicyclic) bond motifs is 4. The molecule has 2 atom stereocenters. The number of likely N-dealkylation sites (N-methyl/N-ethyl adjacent to an activating group) is 1. The Hall–Kier alpha value is -3.19. The highest BCUT2D eigenvalue weighted by Gasteiger charge is 2.46. The molecule has 0 bridgehead atoms. The third-order valence-corrected chi connectivity index (χ3v) is 5.96. The van der Waals surface area contributed by atoms with E-state index in [0.29, 0.717) is 19.5 Å². The number of carbonyl (C=O) groups excluding carboxylic acids is 2. The smallest absolute Gasteiger partial charge is 0.245 e. The first kappa shape index (κ1) is 17.9. The molecular formula is C22H23N5O2. The van der Waals surface area contributed by atoms with Crippen molar-refractivity contribution in [2.24, 2.45) is 0 Å². The van der Waals surface area contributed by atoms with E-state index in [4.69, 9.17) is 0 Å². The van der Waals surface area contributed by atoms with E-state index in [1.54, 1.807) is 23.0 Å². The van der Waals surface area contributed by atoms with Crippen LogP contribution in [0.1, 0.15) is 22.9 Å². The Labute approximate surface area is 168 Å². The van der Waals surface area contributed by atoms with Crippen molar-refractivity contribution in [3.05, 3.63) is 65.6 Å². The summed E-state index contributed by atoms with van der Waals surface area (Å²) in [5.74, 6) is 0.00683. The summed E-state index contributed by atoms with van der Waals surface area (Å²) in [6, 6.07) is 11.4. The van der Waals surface area contributed by atoms with Crippen molar-refractivity contribution < 1.29 is 9.59 Å². The molecule has 7 heteroatoms. The van der Waals surface area contributed by atoms with Crippen molar-refractivity contribution in [2.45, 2.75) is 25.0 Å². The highest BCUT2D eigenvalue weighted by molar-refractivity contribution is 5.97. The molecule has 4 heterocycles. The number of hydrogen-bond donors (Lipinski definition) is 2. The van der Waals surface area contributed by atoms with Crippen LogP contribution in [0.5, 0.6) is 0 Å². The van der Waals surface area contributed by atoms with E-state index in [1.807, 2.05) is 36.5 Å². The van der Waals surface area contributed by atoms with E-state index in [2.05, 4.69) is 21.4 Å². The molecule has 148 valence electrons. The number of para-hydroxylation sites is 1. The number of rotatable bonds is 4. The first-order valence-electron chi connectivity index (χ1n) is 9.88. The average molecular weight is 389 g/mol. The van der Waals surface area contributed by atoms with E-state index in [0.717, 1.165) is 27.7 Å². The average Bonchev–Trinajstić information content (AvgIpc) is 3.11. The Kier molecular flexibility index (Phi) is 4.32. The van der Waals surface area contributed by atoms with Gasteiger partial charge in [-0.15, -0.1) is 0 Å². The van der Waals surface area contributed by atoms with Crippen LogP contribution in [0.25, 0.3) is 10.9 Å². The molecular weight excluding hydrogens is 366 g/mol. The second kappa shape index (κ2) is 7.00. The number of aromatic nitrogens is 2. The monoisotopic (exact) mass is 389 g/mol. The van der Waals surface area contributed by atoms with Gasteiger partial charge in [-0.1, -0.05) is 24.3 Å². The number of piperazine rings is 1. The normalized spacial score (nSPS) is 21.4. The Morgan fingerprint density at radius 1 is 1.21 bits per heavy atom. The van der Waals surface area contributed by atoms with Crippen molar-refractivity contribution >= 4 is 22.7 Å². The molecule has 0 aliphatic carbocycles. The number of benzene rings is 1. The quantitative estimate of drug-likeness (QED) is 0.711.